The van der Waals surface area contributed by atoms with E-state index in [0.717, 1.165) is 6.54 Å². The van der Waals surface area contributed by atoms with Gasteiger partial charge in [-0.25, -0.2) is 0 Å². The molecule has 0 amide bonds. The van der Waals surface area contributed by atoms with Crippen LogP contribution in [-0.4, -0.2) is 41.5 Å². The zero-order valence-corrected chi connectivity index (χ0v) is 12.7. The number of oxazole rings is 1. The standard InChI is InChI=1S/C14H20N4O3/c1-9(2)12(8-17(3)4)16-14-15-11-6-5-10(18(19)20)7-13(11)21-14/h5-7,9,12H,8H2,1-4H3,(H,15,16). The summed E-state index contributed by atoms with van der Waals surface area (Å²) in [6.45, 7) is 5.08. The molecule has 0 bridgehead atoms. The monoisotopic (exact) mass is 292 g/mol. The van der Waals surface area contributed by atoms with Crippen LogP contribution in [0.3, 0.4) is 0 Å². The van der Waals surface area contributed by atoms with E-state index in [2.05, 4.69) is 29.0 Å². The minimum Gasteiger partial charge on any atom is -0.423 e. The van der Waals surface area contributed by atoms with Gasteiger partial charge in [0.2, 0.25) is 0 Å². The number of anilines is 1. The van der Waals surface area contributed by atoms with Gasteiger partial charge in [-0.3, -0.25) is 10.1 Å². The Morgan fingerprint density at radius 1 is 1.43 bits per heavy atom. The molecule has 0 aliphatic heterocycles. The fourth-order valence-electron chi connectivity index (χ4n) is 2.06. The van der Waals surface area contributed by atoms with E-state index in [-0.39, 0.29) is 11.7 Å². The van der Waals surface area contributed by atoms with Crippen LogP contribution in [0.25, 0.3) is 11.1 Å². The van der Waals surface area contributed by atoms with Crippen molar-refractivity contribution in [3.05, 3.63) is 28.3 Å². The van der Waals surface area contributed by atoms with Crippen LogP contribution in [0.5, 0.6) is 0 Å². The first kappa shape index (κ1) is 15.2. The summed E-state index contributed by atoms with van der Waals surface area (Å²) in [7, 11) is 4.01. The van der Waals surface area contributed by atoms with E-state index in [0.29, 0.717) is 23.0 Å². The van der Waals surface area contributed by atoms with Gasteiger partial charge in [0, 0.05) is 18.7 Å². The lowest BCUT2D eigenvalue weighted by molar-refractivity contribution is -0.384. The average Bonchev–Trinajstić information content (AvgIpc) is 2.78. The summed E-state index contributed by atoms with van der Waals surface area (Å²) < 4.78 is 5.58. The molecule has 2 rings (SSSR count). The van der Waals surface area contributed by atoms with Gasteiger partial charge in [0.25, 0.3) is 11.7 Å². The van der Waals surface area contributed by atoms with E-state index in [1.165, 1.54) is 12.1 Å². The third-order valence-corrected chi connectivity index (χ3v) is 3.26. The number of fused-ring (bicyclic) bond motifs is 1. The molecule has 2 aromatic rings. The third-order valence-electron chi connectivity index (χ3n) is 3.26. The molecule has 1 atom stereocenters. The Balaban J connectivity index is 2.23. The SMILES string of the molecule is CC(C)C(CN(C)C)Nc1nc2ccc([N+](=O)[O-])cc2o1. The van der Waals surface area contributed by atoms with Crippen molar-refractivity contribution in [3.8, 4) is 0 Å². The molecule has 1 N–H and O–H groups in total. The Morgan fingerprint density at radius 2 is 2.14 bits per heavy atom. The molecule has 7 nitrogen and oxygen atoms in total. The van der Waals surface area contributed by atoms with Gasteiger partial charge < -0.3 is 14.6 Å². The molecule has 0 fully saturated rings. The Morgan fingerprint density at radius 3 is 2.71 bits per heavy atom. The number of nitrogens with one attached hydrogen (secondary N) is 1. The van der Waals surface area contributed by atoms with Crippen molar-refractivity contribution in [2.24, 2.45) is 5.92 Å². The highest BCUT2D eigenvalue weighted by atomic mass is 16.6. The quantitative estimate of drug-likeness (QED) is 0.651. The fraction of sp³-hybridized carbons (Fsp3) is 0.500. The van der Waals surface area contributed by atoms with Gasteiger partial charge in [-0.2, -0.15) is 4.98 Å². The maximum absolute atomic E-state index is 10.8. The normalized spacial score (nSPS) is 13.0. The second-order valence-electron chi connectivity index (χ2n) is 5.69. The topological polar surface area (TPSA) is 84.4 Å². The van der Waals surface area contributed by atoms with E-state index >= 15 is 0 Å². The zero-order chi connectivity index (χ0) is 15.6. The molecule has 0 spiro atoms. The van der Waals surface area contributed by atoms with Crippen molar-refractivity contribution in [3.63, 3.8) is 0 Å². The molecule has 114 valence electrons. The minimum absolute atomic E-state index is 0.00102. The minimum atomic E-state index is -0.446. The predicted octanol–water partition coefficient (Wildman–Crippen LogP) is 2.73. The smallest absolute Gasteiger partial charge is 0.295 e. The Bertz CT molecular complexity index is 636. The number of nitro benzene ring substituents is 1. The lowest BCUT2D eigenvalue weighted by atomic mass is 10.0. The Kier molecular flexibility index (Phi) is 4.42. The first-order valence-corrected chi connectivity index (χ1v) is 6.83. The highest BCUT2D eigenvalue weighted by Crippen LogP contribution is 2.24. The summed E-state index contributed by atoms with van der Waals surface area (Å²) in [6.07, 6.45) is 0. The third kappa shape index (κ3) is 3.69. The fourth-order valence-corrected chi connectivity index (χ4v) is 2.06. The number of hydrogen-bond donors (Lipinski definition) is 1. The summed E-state index contributed by atoms with van der Waals surface area (Å²) >= 11 is 0. The van der Waals surface area contributed by atoms with Crippen molar-refractivity contribution in [1.29, 1.82) is 0 Å². The van der Waals surface area contributed by atoms with Crippen molar-refractivity contribution < 1.29 is 9.34 Å². The Hall–Kier alpha value is -2.15. The Labute approximate surface area is 123 Å². The number of non-ortho nitro benzene ring substituents is 1. The van der Waals surface area contributed by atoms with Gasteiger partial charge in [-0.05, 0) is 26.1 Å². The molecule has 0 aliphatic rings. The molecule has 7 heteroatoms. The van der Waals surface area contributed by atoms with Crippen LogP contribution in [0.1, 0.15) is 13.8 Å². The van der Waals surface area contributed by atoms with Crippen LogP contribution >= 0.6 is 0 Å². The van der Waals surface area contributed by atoms with Gasteiger partial charge in [0.05, 0.1) is 11.0 Å². The second kappa shape index (κ2) is 6.09. The maximum Gasteiger partial charge on any atom is 0.295 e. The van der Waals surface area contributed by atoms with Crippen LogP contribution in [-0.2, 0) is 0 Å². The number of likely N-dealkylation sites (N-methyl/N-ethyl adjacent to an activating group) is 1. The van der Waals surface area contributed by atoms with E-state index in [1.54, 1.807) is 6.07 Å². The number of nitrogens with zero attached hydrogens (tertiary/aromatic N) is 3. The lowest BCUT2D eigenvalue weighted by Crippen LogP contribution is -2.36. The van der Waals surface area contributed by atoms with Crippen molar-refractivity contribution in [2.45, 2.75) is 19.9 Å². The van der Waals surface area contributed by atoms with Crippen LogP contribution in [0.4, 0.5) is 11.7 Å². The maximum atomic E-state index is 10.8. The van der Waals surface area contributed by atoms with Gasteiger partial charge in [-0.1, -0.05) is 13.8 Å². The molecule has 1 heterocycles. The van der Waals surface area contributed by atoms with Crippen molar-refractivity contribution >= 4 is 22.8 Å². The van der Waals surface area contributed by atoms with Crippen LogP contribution in [0, 0.1) is 16.0 Å². The zero-order valence-electron chi connectivity index (χ0n) is 12.7. The molecule has 1 unspecified atom stereocenters. The highest BCUT2D eigenvalue weighted by Gasteiger charge is 2.18. The summed E-state index contributed by atoms with van der Waals surface area (Å²) in [5.41, 5.74) is 1.02. The summed E-state index contributed by atoms with van der Waals surface area (Å²) in [6, 6.07) is 4.99. The number of rotatable bonds is 6. The van der Waals surface area contributed by atoms with Crippen LogP contribution in [0.15, 0.2) is 22.6 Å². The van der Waals surface area contributed by atoms with Crippen LogP contribution < -0.4 is 5.32 Å². The molecule has 21 heavy (non-hydrogen) atoms. The van der Waals surface area contributed by atoms with Gasteiger partial charge in [0.15, 0.2) is 5.58 Å². The average molecular weight is 292 g/mol. The molecule has 0 radical (unpaired) electrons. The molecular weight excluding hydrogens is 272 g/mol. The van der Waals surface area contributed by atoms with Gasteiger partial charge >= 0.3 is 0 Å². The van der Waals surface area contributed by atoms with E-state index in [1.807, 2.05) is 14.1 Å². The molecule has 0 saturated carbocycles. The lowest BCUT2D eigenvalue weighted by Gasteiger charge is -2.24. The first-order valence-electron chi connectivity index (χ1n) is 6.83. The number of aromatic nitrogens is 1. The molecule has 1 aromatic carbocycles. The van der Waals surface area contributed by atoms with Crippen molar-refractivity contribution in [1.82, 2.24) is 9.88 Å². The molecule has 0 aliphatic carbocycles. The largest absolute Gasteiger partial charge is 0.423 e. The second-order valence-corrected chi connectivity index (χ2v) is 5.69. The van der Waals surface area contributed by atoms with E-state index in [9.17, 15) is 10.1 Å². The summed E-state index contributed by atoms with van der Waals surface area (Å²) in [5, 5.41) is 14.0. The molecule has 0 saturated heterocycles. The van der Waals surface area contributed by atoms with Gasteiger partial charge in [0.1, 0.15) is 5.52 Å². The highest BCUT2D eigenvalue weighted by molar-refractivity contribution is 5.77. The predicted molar refractivity (Wildman–Crippen MR) is 81.5 cm³/mol. The number of nitro groups is 1. The van der Waals surface area contributed by atoms with Crippen molar-refractivity contribution in [2.75, 3.05) is 26.0 Å². The van der Waals surface area contributed by atoms with Gasteiger partial charge in [-0.15, -0.1) is 0 Å². The number of hydrogen-bond acceptors (Lipinski definition) is 6. The molecular formula is C14H20N4O3. The molecule has 1 aromatic heterocycles. The first-order chi connectivity index (χ1) is 9.86. The van der Waals surface area contributed by atoms with Crippen LogP contribution in [0.2, 0.25) is 0 Å². The van der Waals surface area contributed by atoms with E-state index < -0.39 is 4.92 Å². The van der Waals surface area contributed by atoms with E-state index in [4.69, 9.17) is 4.42 Å². The number of benzene rings is 1. The summed E-state index contributed by atoms with van der Waals surface area (Å²) in [4.78, 5) is 16.7. The summed E-state index contributed by atoms with van der Waals surface area (Å²) in [5.74, 6) is 0.400.